The van der Waals surface area contributed by atoms with Crippen LogP contribution in [0.3, 0.4) is 0 Å². The Bertz CT molecular complexity index is 1020. The van der Waals surface area contributed by atoms with E-state index in [1.807, 2.05) is 12.1 Å². The minimum Gasteiger partial charge on any atom is -0.445 e. The first-order valence-corrected chi connectivity index (χ1v) is 9.50. The summed E-state index contributed by atoms with van der Waals surface area (Å²) in [4.78, 5) is 53.4. The fourth-order valence-corrected chi connectivity index (χ4v) is 2.92. The first-order valence-electron chi connectivity index (χ1n) is 9.50. The Morgan fingerprint density at radius 1 is 1.03 bits per heavy atom. The highest BCUT2D eigenvalue weighted by atomic mass is 16.7. The lowest BCUT2D eigenvalue weighted by atomic mass is 10.0. The standard InChI is InChI=1S/C22H19N3O6/c23-13-17-8-4-7-16(11-17)12-18(21(28)31-25-19(26)9-10-20(25)27)24-22(29)30-14-15-5-2-1-3-6-15/h1-8,11,18H,9-10,12,14H2,(H,24,29). The first-order chi connectivity index (χ1) is 15.0. The Balaban J connectivity index is 1.70. The molecule has 1 N–H and O–H groups in total. The van der Waals surface area contributed by atoms with Gasteiger partial charge >= 0.3 is 12.1 Å². The summed E-state index contributed by atoms with van der Waals surface area (Å²) >= 11 is 0. The van der Waals surface area contributed by atoms with Crippen LogP contribution < -0.4 is 5.32 Å². The van der Waals surface area contributed by atoms with Crippen LogP contribution in [0.5, 0.6) is 0 Å². The molecule has 3 rings (SSSR count). The smallest absolute Gasteiger partial charge is 0.408 e. The van der Waals surface area contributed by atoms with E-state index in [1.54, 1.807) is 48.5 Å². The van der Waals surface area contributed by atoms with E-state index < -0.39 is 29.9 Å². The van der Waals surface area contributed by atoms with Crippen molar-refractivity contribution >= 4 is 23.9 Å². The molecule has 0 spiro atoms. The predicted molar refractivity (Wildman–Crippen MR) is 106 cm³/mol. The van der Waals surface area contributed by atoms with Crippen LogP contribution in [0.1, 0.15) is 29.5 Å². The van der Waals surface area contributed by atoms with Gasteiger partial charge in [-0.3, -0.25) is 9.59 Å². The number of ether oxygens (including phenoxy) is 1. The molecule has 0 aliphatic carbocycles. The van der Waals surface area contributed by atoms with Crippen LogP contribution in [0.15, 0.2) is 54.6 Å². The van der Waals surface area contributed by atoms with Gasteiger partial charge in [-0.25, -0.2) is 9.59 Å². The molecule has 158 valence electrons. The number of nitrogens with one attached hydrogen (secondary N) is 1. The monoisotopic (exact) mass is 421 g/mol. The van der Waals surface area contributed by atoms with E-state index in [4.69, 9.17) is 14.8 Å². The number of rotatable bonds is 7. The third kappa shape index (κ3) is 5.90. The number of carbonyl (C=O) groups is 4. The molecule has 2 aromatic carbocycles. The highest BCUT2D eigenvalue weighted by molar-refractivity contribution is 6.01. The van der Waals surface area contributed by atoms with E-state index in [-0.39, 0.29) is 25.9 Å². The minimum absolute atomic E-state index is 0.0124. The van der Waals surface area contributed by atoms with E-state index >= 15 is 0 Å². The first kappa shape index (κ1) is 21.5. The number of hydrogen-bond acceptors (Lipinski definition) is 7. The Morgan fingerprint density at radius 2 is 1.71 bits per heavy atom. The van der Waals surface area contributed by atoms with Crippen LogP contribution in [0.2, 0.25) is 0 Å². The number of hydrogen-bond donors (Lipinski definition) is 1. The summed E-state index contributed by atoms with van der Waals surface area (Å²) in [6.07, 6.45) is -1.01. The van der Waals surface area contributed by atoms with Crippen molar-refractivity contribution in [3.63, 3.8) is 0 Å². The van der Waals surface area contributed by atoms with E-state index in [0.29, 0.717) is 16.2 Å². The molecule has 1 atom stereocenters. The van der Waals surface area contributed by atoms with Crippen LogP contribution in [-0.4, -0.2) is 35.0 Å². The summed E-state index contributed by atoms with van der Waals surface area (Å²) in [5.74, 6) is -2.26. The molecule has 9 heteroatoms. The third-order valence-corrected chi connectivity index (χ3v) is 4.47. The Labute approximate surface area is 178 Å². The molecule has 1 heterocycles. The number of carbonyl (C=O) groups excluding carboxylic acids is 4. The van der Waals surface area contributed by atoms with Crippen LogP contribution in [0.4, 0.5) is 4.79 Å². The van der Waals surface area contributed by atoms with Gasteiger partial charge in [-0.2, -0.15) is 5.26 Å². The van der Waals surface area contributed by atoms with Crippen LogP contribution in [-0.2, 0) is 37.0 Å². The van der Waals surface area contributed by atoms with Gasteiger partial charge in [0.2, 0.25) is 0 Å². The average molecular weight is 421 g/mol. The summed E-state index contributed by atoms with van der Waals surface area (Å²) in [6.45, 7) is -0.0124. The van der Waals surface area contributed by atoms with Crippen molar-refractivity contribution in [1.82, 2.24) is 10.4 Å². The summed E-state index contributed by atoms with van der Waals surface area (Å²) in [7, 11) is 0. The number of hydroxylamine groups is 2. The predicted octanol–water partition coefficient (Wildman–Crippen LogP) is 2.00. The van der Waals surface area contributed by atoms with Crippen molar-refractivity contribution in [2.45, 2.75) is 31.9 Å². The maximum absolute atomic E-state index is 12.7. The summed E-state index contributed by atoms with van der Waals surface area (Å²) < 4.78 is 5.15. The van der Waals surface area contributed by atoms with Crippen LogP contribution >= 0.6 is 0 Å². The third-order valence-electron chi connectivity index (χ3n) is 4.47. The summed E-state index contributed by atoms with van der Waals surface area (Å²) in [5, 5.41) is 11.9. The molecule has 1 fully saturated rings. The zero-order valence-corrected chi connectivity index (χ0v) is 16.4. The van der Waals surface area contributed by atoms with Gasteiger partial charge in [-0.1, -0.05) is 42.5 Å². The van der Waals surface area contributed by atoms with E-state index in [2.05, 4.69) is 5.32 Å². The summed E-state index contributed by atoms with van der Waals surface area (Å²) in [5.41, 5.74) is 1.70. The quantitative estimate of drug-likeness (QED) is 0.678. The van der Waals surface area contributed by atoms with E-state index in [0.717, 1.165) is 5.56 Å². The van der Waals surface area contributed by atoms with Gasteiger partial charge in [0.15, 0.2) is 0 Å². The van der Waals surface area contributed by atoms with Gasteiger partial charge in [0.25, 0.3) is 11.8 Å². The Kier molecular flexibility index (Phi) is 6.96. The summed E-state index contributed by atoms with van der Waals surface area (Å²) in [6, 6.07) is 16.2. The second kappa shape index (κ2) is 10.0. The Hall–Kier alpha value is -4.19. The molecular weight excluding hydrogens is 402 g/mol. The molecule has 2 aromatic rings. The number of imide groups is 1. The molecule has 0 aromatic heterocycles. The van der Waals surface area contributed by atoms with Crippen LogP contribution in [0.25, 0.3) is 0 Å². The molecule has 1 aliphatic heterocycles. The number of benzene rings is 2. The molecule has 1 aliphatic rings. The van der Waals surface area contributed by atoms with Gasteiger partial charge in [0.1, 0.15) is 12.6 Å². The maximum atomic E-state index is 12.7. The largest absolute Gasteiger partial charge is 0.445 e. The molecule has 31 heavy (non-hydrogen) atoms. The molecule has 1 unspecified atom stereocenters. The molecule has 1 saturated heterocycles. The van der Waals surface area contributed by atoms with Crippen LogP contribution in [0, 0.1) is 11.3 Å². The second-order valence-corrected chi connectivity index (χ2v) is 6.77. The highest BCUT2D eigenvalue weighted by Gasteiger charge is 2.35. The number of amides is 3. The highest BCUT2D eigenvalue weighted by Crippen LogP contribution is 2.15. The fraction of sp³-hybridized carbons (Fsp3) is 0.227. The van der Waals surface area contributed by atoms with E-state index in [1.165, 1.54) is 0 Å². The molecule has 3 amide bonds. The van der Waals surface area contributed by atoms with Crippen molar-refractivity contribution < 1.29 is 28.8 Å². The van der Waals surface area contributed by atoms with Gasteiger partial charge in [0.05, 0.1) is 11.6 Å². The fourth-order valence-electron chi connectivity index (χ4n) is 2.92. The lowest BCUT2D eigenvalue weighted by Gasteiger charge is -2.20. The Morgan fingerprint density at radius 3 is 2.39 bits per heavy atom. The molecule has 0 saturated carbocycles. The van der Waals surface area contributed by atoms with Gasteiger partial charge in [0, 0.05) is 19.3 Å². The van der Waals surface area contributed by atoms with Crippen molar-refractivity contribution in [3.05, 3.63) is 71.3 Å². The topological polar surface area (TPSA) is 126 Å². The molecule has 0 radical (unpaired) electrons. The van der Waals surface area contributed by atoms with Crippen molar-refractivity contribution in [2.75, 3.05) is 0 Å². The van der Waals surface area contributed by atoms with Crippen molar-refractivity contribution in [3.8, 4) is 6.07 Å². The number of nitrogens with zero attached hydrogens (tertiary/aromatic N) is 2. The van der Waals surface area contributed by atoms with Gasteiger partial charge in [-0.15, -0.1) is 5.06 Å². The van der Waals surface area contributed by atoms with Gasteiger partial charge in [-0.05, 0) is 23.3 Å². The minimum atomic E-state index is -1.25. The average Bonchev–Trinajstić information content (AvgIpc) is 3.10. The van der Waals surface area contributed by atoms with E-state index in [9.17, 15) is 19.2 Å². The lowest BCUT2D eigenvalue weighted by molar-refractivity contribution is -0.198. The number of alkyl carbamates (subject to hydrolysis) is 1. The molecular formula is C22H19N3O6. The molecule has 0 bridgehead atoms. The van der Waals surface area contributed by atoms with Crippen molar-refractivity contribution in [2.24, 2.45) is 0 Å². The SMILES string of the molecule is N#Cc1cccc(CC(NC(=O)OCc2ccccc2)C(=O)ON2C(=O)CCC2=O)c1. The normalized spacial score (nSPS) is 14.0. The second-order valence-electron chi connectivity index (χ2n) is 6.77. The molecule has 9 nitrogen and oxygen atoms in total. The van der Waals surface area contributed by atoms with Crippen molar-refractivity contribution in [1.29, 1.82) is 5.26 Å². The van der Waals surface area contributed by atoms with Gasteiger partial charge < -0.3 is 14.9 Å². The maximum Gasteiger partial charge on any atom is 0.408 e. The zero-order chi connectivity index (χ0) is 22.2. The zero-order valence-electron chi connectivity index (χ0n) is 16.4. The number of nitriles is 1. The lowest BCUT2D eigenvalue weighted by Crippen LogP contribution is -2.46.